The van der Waals surface area contributed by atoms with Crippen molar-refractivity contribution in [3.05, 3.63) is 12.2 Å². The molecule has 0 aliphatic carbocycles. The molecule has 0 aromatic heterocycles. The van der Waals surface area contributed by atoms with Crippen molar-refractivity contribution in [1.29, 1.82) is 0 Å². The van der Waals surface area contributed by atoms with E-state index < -0.39 is 5.97 Å². The Hall–Kier alpha value is -1.32. The van der Waals surface area contributed by atoms with E-state index in [-0.39, 0.29) is 12.6 Å². The first-order valence-electron chi connectivity index (χ1n) is 4.49. The smallest absolute Gasteiger partial charge is 0.330 e. The molecule has 0 heterocycles. The van der Waals surface area contributed by atoms with E-state index in [2.05, 4.69) is 4.74 Å². The van der Waals surface area contributed by atoms with Crippen LogP contribution in [0.1, 0.15) is 20.8 Å². The summed E-state index contributed by atoms with van der Waals surface area (Å²) in [4.78, 5) is 21.3. The molecule has 0 bridgehead atoms. The Kier molecular flexibility index (Phi) is 6.45. The Balaban J connectivity index is 3.56. The second-order valence-electron chi connectivity index (χ2n) is 3.23. The number of rotatable bonds is 5. The maximum atomic E-state index is 10.9. The fraction of sp³-hybridized carbons (Fsp3) is 0.600. The summed E-state index contributed by atoms with van der Waals surface area (Å²) in [6.07, 6.45) is 2.70. The van der Waals surface area contributed by atoms with Crippen molar-refractivity contribution in [2.45, 2.75) is 20.8 Å². The molecule has 0 spiro atoms. The molecule has 0 aromatic rings. The maximum absolute atomic E-state index is 10.9. The molecule has 4 nitrogen and oxygen atoms in total. The molecule has 0 fully saturated rings. The molecule has 0 amide bonds. The number of carbonyl (C=O) groups is 2. The lowest BCUT2D eigenvalue weighted by molar-refractivity contribution is -0.141. The molecule has 80 valence electrons. The van der Waals surface area contributed by atoms with Gasteiger partial charge in [-0.05, 0) is 12.0 Å². The van der Waals surface area contributed by atoms with Gasteiger partial charge < -0.3 is 9.47 Å². The number of ether oxygens (including phenoxy) is 2. The number of carbonyl (C=O) groups excluding carboxylic acids is 2. The third kappa shape index (κ3) is 8.77. The predicted molar refractivity (Wildman–Crippen MR) is 51.6 cm³/mol. The first-order chi connectivity index (χ1) is 6.52. The average molecular weight is 200 g/mol. The van der Waals surface area contributed by atoms with Crippen LogP contribution in [0.15, 0.2) is 12.2 Å². The van der Waals surface area contributed by atoms with E-state index in [1.54, 1.807) is 0 Å². The van der Waals surface area contributed by atoms with Crippen LogP contribution < -0.4 is 0 Å². The lowest BCUT2D eigenvalue weighted by atomic mass is 10.2. The summed E-state index contributed by atoms with van der Waals surface area (Å²) < 4.78 is 9.43. The van der Waals surface area contributed by atoms with E-state index >= 15 is 0 Å². The zero-order valence-corrected chi connectivity index (χ0v) is 8.78. The van der Waals surface area contributed by atoms with Crippen LogP contribution in [-0.4, -0.2) is 25.2 Å². The van der Waals surface area contributed by atoms with Crippen molar-refractivity contribution in [1.82, 2.24) is 0 Å². The largest absolute Gasteiger partial charge is 0.462 e. The van der Waals surface area contributed by atoms with Crippen LogP contribution in [0.3, 0.4) is 0 Å². The number of hydrogen-bond donors (Lipinski definition) is 0. The van der Waals surface area contributed by atoms with Gasteiger partial charge >= 0.3 is 11.9 Å². The normalized spacial score (nSPS) is 10.6. The summed E-state index contributed by atoms with van der Waals surface area (Å²) in [7, 11) is 0. The molecule has 4 heteroatoms. The summed E-state index contributed by atoms with van der Waals surface area (Å²) in [6.45, 7) is 5.72. The van der Waals surface area contributed by atoms with Gasteiger partial charge in [-0.25, -0.2) is 4.79 Å². The van der Waals surface area contributed by atoms with Crippen LogP contribution in [-0.2, 0) is 19.1 Å². The minimum absolute atomic E-state index is 0.103. The first-order valence-corrected chi connectivity index (χ1v) is 4.49. The lowest BCUT2D eigenvalue weighted by Gasteiger charge is -2.03. The standard InChI is InChI=1S/C10H16O4/c1-8(2)7-14-10(12)5-4-6-13-9(3)11/h4-5,8H,6-7H2,1-3H3. The van der Waals surface area contributed by atoms with E-state index in [0.29, 0.717) is 12.5 Å². The van der Waals surface area contributed by atoms with Gasteiger partial charge in [0, 0.05) is 13.0 Å². The zero-order valence-electron chi connectivity index (χ0n) is 8.78. The van der Waals surface area contributed by atoms with Crippen molar-refractivity contribution in [2.24, 2.45) is 5.92 Å². The van der Waals surface area contributed by atoms with E-state index in [9.17, 15) is 9.59 Å². The molecular weight excluding hydrogens is 184 g/mol. The summed E-state index contributed by atoms with van der Waals surface area (Å²) in [5.74, 6) is -0.461. The number of hydrogen-bond acceptors (Lipinski definition) is 4. The van der Waals surface area contributed by atoms with Crippen LogP contribution in [0.4, 0.5) is 0 Å². The lowest BCUT2D eigenvalue weighted by Crippen LogP contribution is -2.07. The molecule has 0 saturated carbocycles. The van der Waals surface area contributed by atoms with E-state index in [1.807, 2.05) is 13.8 Å². The van der Waals surface area contributed by atoms with Crippen molar-refractivity contribution >= 4 is 11.9 Å². The number of esters is 2. The van der Waals surface area contributed by atoms with Crippen LogP contribution in [0.2, 0.25) is 0 Å². The van der Waals surface area contributed by atoms with Gasteiger partial charge in [-0.3, -0.25) is 4.79 Å². The van der Waals surface area contributed by atoms with Crippen LogP contribution in [0.25, 0.3) is 0 Å². The molecule has 0 rings (SSSR count). The molecule has 0 saturated heterocycles. The monoisotopic (exact) mass is 200 g/mol. The van der Waals surface area contributed by atoms with Gasteiger partial charge in [0.15, 0.2) is 0 Å². The minimum atomic E-state index is -0.411. The molecule has 0 aromatic carbocycles. The molecule has 0 unspecified atom stereocenters. The van der Waals surface area contributed by atoms with Gasteiger partial charge in [-0.15, -0.1) is 0 Å². The van der Waals surface area contributed by atoms with Crippen molar-refractivity contribution in [3.63, 3.8) is 0 Å². The fourth-order valence-corrected chi connectivity index (χ4v) is 0.607. The highest BCUT2D eigenvalue weighted by molar-refractivity contribution is 5.81. The molecule has 0 aliphatic rings. The summed E-state index contributed by atoms with van der Waals surface area (Å²) >= 11 is 0. The Labute approximate surface area is 83.9 Å². The average Bonchev–Trinajstić information content (AvgIpc) is 2.08. The fourth-order valence-electron chi connectivity index (χ4n) is 0.607. The molecule has 0 aliphatic heterocycles. The quantitative estimate of drug-likeness (QED) is 0.496. The van der Waals surface area contributed by atoms with Gasteiger partial charge in [-0.2, -0.15) is 0 Å². The van der Waals surface area contributed by atoms with E-state index in [4.69, 9.17) is 4.74 Å². The van der Waals surface area contributed by atoms with E-state index in [0.717, 1.165) is 0 Å². The Morgan fingerprint density at radius 3 is 2.43 bits per heavy atom. The minimum Gasteiger partial charge on any atom is -0.462 e. The Bertz CT molecular complexity index is 218. The van der Waals surface area contributed by atoms with Gasteiger partial charge in [0.2, 0.25) is 0 Å². The second-order valence-corrected chi connectivity index (χ2v) is 3.23. The van der Waals surface area contributed by atoms with Crippen molar-refractivity contribution in [3.8, 4) is 0 Å². The van der Waals surface area contributed by atoms with E-state index in [1.165, 1.54) is 19.1 Å². The highest BCUT2D eigenvalue weighted by Gasteiger charge is 1.98. The van der Waals surface area contributed by atoms with Gasteiger partial charge in [-0.1, -0.05) is 13.8 Å². The Morgan fingerprint density at radius 1 is 1.29 bits per heavy atom. The summed E-state index contributed by atoms with van der Waals surface area (Å²) in [5.41, 5.74) is 0. The topological polar surface area (TPSA) is 52.6 Å². The molecule has 0 N–H and O–H groups in total. The van der Waals surface area contributed by atoms with Crippen molar-refractivity contribution < 1.29 is 19.1 Å². The highest BCUT2D eigenvalue weighted by atomic mass is 16.5. The second kappa shape index (κ2) is 7.12. The van der Waals surface area contributed by atoms with Crippen LogP contribution in [0, 0.1) is 5.92 Å². The first kappa shape index (κ1) is 12.7. The summed E-state index contributed by atoms with van der Waals surface area (Å²) in [6, 6.07) is 0. The molecule has 0 radical (unpaired) electrons. The Morgan fingerprint density at radius 2 is 1.93 bits per heavy atom. The molecular formula is C10H16O4. The third-order valence-electron chi connectivity index (χ3n) is 1.20. The molecule has 0 atom stereocenters. The van der Waals surface area contributed by atoms with Gasteiger partial charge in [0.05, 0.1) is 6.61 Å². The highest BCUT2D eigenvalue weighted by Crippen LogP contribution is 1.93. The van der Waals surface area contributed by atoms with Crippen LogP contribution >= 0.6 is 0 Å². The predicted octanol–water partition coefficient (Wildman–Crippen LogP) is 1.30. The SMILES string of the molecule is CC(=O)OCC=CC(=O)OCC(C)C. The van der Waals surface area contributed by atoms with Crippen LogP contribution in [0.5, 0.6) is 0 Å². The van der Waals surface area contributed by atoms with Gasteiger partial charge in [0.25, 0.3) is 0 Å². The zero-order chi connectivity index (χ0) is 11.0. The van der Waals surface area contributed by atoms with Crippen molar-refractivity contribution in [2.75, 3.05) is 13.2 Å². The van der Waals surface area contributed by atoms with Gasteiger partial charge in [0.1, 0.15) is 6.61 Å². The maximum Gasteiger partial charge on any atom is 0.330 e. The third-order valence-corrected chi connectivity index (χ3v) is 1.20. The molecule has 14 heavy (non-hydrogen) atoms. The summed E-state index contributed by atoms with van der Waals surface area (Å²) in [5, 5.41) is 0.